The zero-order chi connectivity index (χ0) is 14.8. The van der Waals surface area contributed by atoms with E-state index in [1.54, 1.807) is 24.3 Å². The first-order valence-electron chi connectivity index (χ1n) is 6.21. The average Bonchev–Trinajstić information content (AvgIpc) is 2.87. The zero-order valence-electron chi connectivity index (χ0n) is 10.8. The normalized spacial score (nSPS) is 10.5. The summed E-state index contributed by atoms with van der Waals surface area (Å²) in [5.74, 6) is 1.08. The summed E-state index contributed by atoms with van der Waals surface area (Å²) < 4.78 is 12.0. The van der Waals surface area contributed by atoms with Crippen LogP contribution >= 0.6 is 15.9 Å². The lowest BCUT2D eigenvalue weighted by molar-refractivity contribution is 0.281. The zero-order valence-corrected chi connectivity index (χ0v) is 12.4. The van der Waals surface area contributed by atoms with Crippen molar-refractivity contribution in [1.82, 2.24) is 0 Å². The quantitative estimate of drug-likeness (QED) is 0.767. The summed E-state index contributed by atoms with van der Waals surface area (Å²) in [6.45, 7) is -0.0447. The highest BCUT2D eigenvalue weighted by Crippen LogP contribution is 2.38. The molecule has 3 rings (SSSR count). The van der Waals surface area contributed by atoms with Gasteiger partial charge in [0.25, 0.3) is 0 Å². The van der Waals surface area contributed by atoms with Gasteiger partial charge < -0.3 is 14.3 Å². The summed E-state index contributed by atoms with van der Waals surface area (Å²) in [6.07, 6.45) is 0. The van der Waals surface area contributed by atoms with Crippen LogP contribution in [0.5, 0.6) is 11.5 Å². The van der Waals surface area contributed by atoms with Gasteiger partial charge in [-0.3, -0.25) is 0 Å². The lowest BCUT2D eigenvalue weighted by atomic mass is 10.2. The average molecular weight is 344 g/mol. The van der Waals surface area contributed by atoms with Crippen molar-refractivity contribution in [2.24, 2.45) is 0 Å². The van der Waals surface area contributed by atoms with Gasteiger partial charge in [-0.05, 0) is 45.8 Å². The number of aliphatic hydroxyl groups is 1. The molecule has 0 spiro atoms. The van der Waals surface area contributed by atoms with Crippen molar-refractivity contribution >= 4 is 26.9 Å². The second kappa shape index (κ2) is 5.60. The molecule has 2 aromatic carbocycles. The van der Waals surface area contributed by atoms with Gasteiger partial charge in [0.1, 0.15) is 17.4 Å². The van der Waals surface area contributed by atoms with E-state index in [0.717, 1.165) is 10.9 Å². The summed E-state index contributed by atoms with van der Waals surface area (Å²) in [5, 5.41) is 19.0. The number of para-hydroxylation sites is 1. The van der Waals surface area contributed by atoms with Gasteiger partial charge in [-0.25, -0.2) is 0 Å². The van der Waals surface area contributed by atoms with Crippen molar-refractivity contribution in [3.63, 3.8) is 0 Å². The number of hydrogen-bond acceptors (Lipinski definition) is 4. The summed E-state index contributed by atoms with van der Waals surface area (Å²) in [5.41, 5.74) is 1.37. The van der Waals surface area contributed by atoms with Crippen LogP contribution in [0.15, 0.2) is 51.4 Å². The Morgan fingerprint density at radius 2 is 2.05 bits per heavy atom. The molecule has 104 valence electrons. The maximum atomic E-state index is 9.18. The minimum absolute atomic E-state index is 0.0447. The van der Waals surface area contributed by atoms with Crippen LogP contribution in [-0.4, -0.2) is 5.11 Å². The highest BCUT2D eigenvalue weighted by molar-refractivity contribution is 9.10. The molecule has 0 atom stereocenters. The van der Waals surface area contributed by atoms with E-state index >= 15 is 0 Å². The summed E-state index contributed by atoms with van der Waals surface area (Å²) in [6, 6.07) is 14.6. The lowest BCUT2D eigenvalue weighted by Gasteiger charge is -2.07. The van der Waals surface area contributed by atoms with Gasteiger partial charge in [0.15, 0.2) is 5.75 Å². The molecule has 0 unspecified atom stereocenters. The number of ether oxygens (including phenoxy) is 1. The summed E-state index contributed by atoms with van der Waals surface area (Å²) >= 11 is 3.39. The fourth-order valence-electron chi connectivity index (χ4n) is 2.03. The van der Waals surface area contributed by atoms with Gasteiger partial charge in [-0.1, -0.05) is 18.2 Å². The van der Waals surface area contributed by atoms with Gasteiger partial charge in [0.05, 0.1) is 16.5 Å². The third kappa shape index (κ3) is 2.51. The molecule has 0 saturated carbocycles. The number of hydrogen-bond donors (Lipinski definition) is 1. The second-order valence-electron chi connectivity index (χ2n) is 4.39. The van der Waals surface area contributed by atoms with Crippen LogP contribution in [0.4, 0.5) is 0 Å². The monoisotopic (exact) mass is 343 g/mol. The standard InChI is InChI=1S/C16H10BrNO3/c17-12-7-10(9-19)5-6-14(12)21-16-11-3-1-2-4-13(11)20-15(16)8-18/h1-7,19H,9H2. The molecular weight excluding hydrogens is 334 g/mol. The molecule has 0 saturated heterocycles. The van der Waals surface area contributed by atoms with E-state index in [1.165, 1.54) is 0 Å². The SMILES string of the molecule is N#Cc1oc2ccccc2c1Oc1ccc(CO)cc1Br. The van der Waals surface area contributed by atoms with Gasteiger partial charge in [-0.15, -0.1) is 0 Å². The predicted molar refractivity (Wildman–Crippen MR) is 81.1 cm³/mol. The Hall–Kier alpha value is -2.29. The van der Waals surface area contributed by atoms with Crippen molar-refractivity contribution < 1.29 is 14.3 Å². The Balaban J connectivity index is 2.08. The minimum Gasteiger partial charge on any atom is -0.451 e. The molecule has 0 aliphatic rings. The molecule has 0 fully saturated rings. The molecule has 0 amide bonds. The molecule has 5 heteroatoms. The van der Waals surface area contributed by atoms with Crippen LogP contribution in [-0.2, 0) is 6.61 Å². The first kappa shape index (κ1) is 13.7. The number of nitrogens with zero attached hydrogens (tertiary/aromatic N) is 1. The van der Waals surface area contributed by atoms with E-state index in [1.807, 2.05) is 24.3 Å². The van der Waals surface area contributed by atoms with Gasteiger partial charge in [0.2, 0.25) is 5.76 Å². The maximum Gasteiger partial charge on any atom is 0.247 e. The van der Waals surface area contributed by atoms with Crippen molar-refractivity contribution in [3.8, 4) is 17.6 Å². The molecule has 4 nitrogen and oxygen atoms in total. The Bertz CT molecular complexity index is 848. The first-order valence-corrected chi connectivity index (χ1v) is 7.01. The molecular formula is C16H10BrNO3. The molecule has 0 radical (unpaired) electrons. The van der Waals surface area contributed by atoms with Crippen molar-refractivity contribution in [2.75, 3.05) is 0 Å². The van der Waals surface area contributed by atoms with Crippen LogP contribution in [0.2, 0.25) is 0 Å². The largest absolute Gasteiger partial charge is 0.451 e. The van der Waals surface area contributed by atoms with E-state index in [9.17, 15) is 5.26 Å². The van der Waals surface area contributed by atoms with Crippen LogP contribution in [0.25, 0.3) is 11.0 Å². The van der Waals surface area contributed by atoms with Crippen LogP contribution in [0, 0.1) is 11.3 Å². The number of nitriles is 1. The Morgan fingerprint density at radius 1 is 1.24 bits per heavy atom. The molecule has 1 N–H and O–H groups in total. The minimum atomic E-state index is -0.0447. The van der Waals surface area contributed by atoms with E-state index < -0.39 is 0 Å². The van der Waals surface area contributed by atoms with E-state index in [0.29, 0.717) is 21.6 Å². The van der Waals surface area contributed by atoms with Crippen molar-refractivity contribution in [1.29, 1.82) is 5.26 Å². The first-order chi connectivity index (χ1) is 10.2. The fraction of sp³-hybridized carbons (Fsp3) is 0.0625. The number of fused-ring (bicyclic) bond motifs is 1. The number of benzene rings is 2. The Kier molecular flexibility index (Phi) is 3.65. The van der Waals surface area contributed by atoms with Crippen LogP contribution < -0.4 is 4.74 Å². The van der Waals surface area contributed by atoms with Gasteiger partial charge in [-0.2, -0.15) is 5.26 Å². The maximum absolute atomic E-state index is 9.18. The fourth-order valence-corrected chi connectivity index (χ4v) is 2.54. The van der Waals surface area contributed by atoms with Gasteiger partial charge in [0, 0.05) is 0 Å². The highest BCUT2D eigenvalue weighted by Gasteiger charge is 2.17. The number of furan rings is 1. The predicted octanol–water partition coefficient (Wildman–Crippen LogP) is 4.35. The number of rotatable bonds is 3. The molecule has 0 aliphatic carbocycles. The van der Waals surface area contributed by atoms with E-state index in [2.05, 4.69) is 15.9 Å². The van der Waals surface area contributed by atoms with Crippen LogP contribution in [0.3, 0.4) is 0 Å². The van der Waals surface area contributed by atoms with Crippen molar-refractivity contribution in [2.45, 2.75) is 6.61 Å². The highest BCUT2D eigenvalue weighted by atomic mass is 79.9. The summed E-state index contributed by atoms with van der Waals surface area (Å²) in [7, 11) is 0. The molecule has 21 heavy (non-hydrogen) atoms. The van der Waals surface area contributed by atoms with Gasteiger partial charge >= 0.3 is 0 Å². The van der Waals surface area contributed by atoms with Crippen LogP contribution in [0.1, 0.15) is 11.3 Å². The molecule has 0 aliphatic heterocycles. The third-order valence-electron chi connectivity index (χ3n) is 3.04. The number of aliphatic hydroxyl groups excluding tert-OH is 1. The smallest absolute Gasteiger partial charge is 0.247 e. The molecule has 0 bridgehead atoms. The Morgan fingerprint density at radius 3 is 2.76 bits per heavy atom. The molecule has 1 aromatic heterocycles. The second-order valence-corrected chi connectivity index (χ2v) is 5.25. The Labute approximate surface area is 129 Å². The van der Waals surface area contributed by atoms with E-state index in [4.69, 9.17) is 14.3 Å². The molecule has 3 aromatic rings. The summed E-state index contributed by atoms with van der Waals surface area (Å²) in [4.78, 5) is 0. The third-order valence-corrected chi connectivity index (χ3v) is 3.66. The lowest BCUT2D eigenvalue weighted by Crippen LogP contribution is -1.89. The van der Waals surface area contributed by atoms with E-state index in [-0.39, 0.29) is 12.4 Å². The molecule has 1 heterocycles. The topological polar surface area (TPSA) is 66.4 Å². The van der Waals surface area contributed by atoms with Crippen molar-refractivity contribution in [3.05, 3.63) is 58.3 Å². The number of halogens is 1.